The van der Waals surface area contributed by atoms with E-state index in [0.29, 0.717) is 12.0 Å². The first-order valence-corrected chi connectivity index (χ1v) is 9.85. The van der Waals surface area contributed by atoms with Crippen LogP contribution in [-0.4, -0.2) is 21.0 Å². The number of carbonyl (C=O) groups is 1. The van der Waals surface area contributed by atoms with E-state index in [0.717, 1.165) is 40.8 Å². The third kappa shape index (κ3) is 3.92. The number of hydrogen-bond acceptors (Lipinski definition) is 2. The first-order valence-electron chi connectivity index (χ1n) is 9.85. The Kier molecular flexibility index (Phi) is 5.17. The highest BCUT2D eigenvalue weighted by Gasteiger charge is 2.16. The Morgan fingerprint density at radius 3 is 2.48 bits per heavy atom. The molecule has 4 nitrogen and oxygen atoms in total. The van der Waals surface area contributed by atoms with E-state index in [9.17, 15) is 9.90 Å². The van der Waals surface area contributed by atoms with Gasteiger partial charge in [-0.1, -0.05) is 48.5 Å². The minimum Gasteiger partial charge on any atom is -0.478 e. The number of aromatic carboxylic acids is 1. The molecular formula is C25H24N2O2. The zero-order valence-corrected chi connectivity index (χ0v) is 16.7. The summed E-state index contributed by atoms with van der Waals surface area (Å²) in [4.78, 5) is 20.0. The van der Waals surface area contributed by atoms with Crippen LogP contribution in [0.25, 0.3) is 11.0 Å². The number of aryl methyl sites for hydroxylation is 3. The number of fused-ring (bicyclic) bond motifs is 1. The van der Waals surface area contributed by atoms with Crippen molar-refractivity contribution in [3.63, 3.8) is 0 Å². The standard InChI is InChI=1S/C25H24N2O2/c1-16-14-22-24(27-23(26-22)13-12-18-8-4-3-5-9-18)21(17(16)2)15-19-10-6-7-11-20(19)25(28)29/h3-11,14H,12-13,15H2,1-2H3,(H,26,27)(H,28,29). The summed E-state index contributed by atoms with van der Waals surface area (Å²) < 4.78 is 0. The third-order valence-corrected chi connectivity index (χ3v) is 5.58. The van der Waals surface area contributed by atoms with Gasteiger partial charge in [0.25, 0.3) is 0 Å². The number of nitrogens with one attached hydrogen (secondary N) is 1. The highest BCUT2D eigenvalue weighted by molar-refractivity contribution is 5.90. The molecule has 146 valence electrons. The molecule has 4 heteroatoms. The molecule has 0 aliphatic carbocycles. The van der Waals surface area contributed by atoms with Crippen molar-refractivity contribution in [2.75, 3.05) is 0 Å². The number of H-pyrrole nitrogens is 1. The number of carboxylic acid groups (broad SMARTS) is 1. The van der Waals surface area contributed by atoms with E-state index in [1.165, 1.54) is 16.7 Å². The highest BCUT2D eigenvalue weighted by atomic mass is 16.4. The van der Waals surface area contributed by atoms with Crippen molar-refractivity contribution < 1.29 is 9.90 Å². The molecular weight excluding hydrogens is 360 g/mol. The molecule has 0 fully saturated rings. The number of imidazole rings is 1. The smallest absolute Gasteiger partial charge is 0.335 e. The Labute approximate surface area is 170 Å². The molecule has 1 heterocycles. The topological polar surface area (TPSA) is 66.0 Å². The van der Waals surface area contributed by atoms with Gasteiger partial charge in [0.2, 0.25) is 0 Å². The van der Waals surface area contributed by atoms with Gasteiger partial charge in [-0.05, 0) is 60.2 Å². The molecule has 0 bridgehead atoms. The Morgan fingerprint density at radius 1 is 1.00 bits per heavy atom. The van der Waals surface area contributed by atoms with Crippen LogP contribution in [0.3, 0.4) is 0 Å². The van der Waals surface area contributed by atoms with Gasteiger partial charge in [0.05, 0.1) is 16.6 Å². The van der Waals surface area contributed by atoms with Crippen LogP contribution >= 0.6 is 0 Å². The number of carboxylic acids is 1. The molecule has 4 rings (SSSR count). The first-order chi connectivity index (χ1) is 14.0. The molecule has 0 saturated heterocycles. The predicted molar refractivity (Wildman–Crippen MR) is 116 cm³/mol. The van der Waals surface area contributed by atoms with Crippen molar-refractivity contribution in [2.45, 2.75) is 33.1 Å². The number of hydrogen-bond donors (Lipinski definition) is 2. The van der Waals surface area contributed by atoms with Gasteiger partial charge in [-0.25, -0.2) is 9.78 Å². The van der Waals surface area contributed by atoms with Crippen molar-refractivity contribution >= 4 is 17.0 Å². The van der Waals surface area contributed by atoms with Crippen molar-refractivity contribution in [2.24, 2.45) is 0 Å². The molecule has 0 radical (unpaired) electrons. The summed E-state index contributed by atoms with van der Waals surface area (Å²) in [6.07, 6.45) is 2.31. The second-order valence-corrected chi connectivity index (χ2v) is 7.50. The van der Waals surface area contributed by atoms with Gasteiger partial charge in [-0.3, -0.25) is 0 Å². The van der Waals surface area contributed by atoms with Gasteiger partial charge in [-0.15, -0.1) is 0 Å². The summed E-state index contributed by atoms with van der Waals surface area (Å²) in [5, 5.41) is 9.54. The highest BCUT2D eigenvalue weighted by Crippen LogP contribution is 2.27. The van der Waals surface area contributed by atoms with E-state index in [4.69, 9.17) is 4.98 Å². The van der Waals surface area contributed by atoms with E-state index >= 15 is 0 Å². The van der Waals surface area contributed by atoms with Gasteiger partial charge in [0.15, 0.2) is 0 Å². The average molecular weight is 384 g/mol. The molecule has 0 aliphatic rings. The number of aromatic amines is 1. The van der Waals surface area contributed by atoms with E-state index in [2.05, 4.69) is 49.2 Å². The normalized spacial score (nSPS) is 11.1. The van der Waals surface area contributed by atoms with Crippen molar-refractivity contribution in [3.05, 3.63) is 99.9 Å². The molecule has 0 saturated carbocycles. The summed E-state index contributed by atoms with van der Waals surface area (Å²) in [6, 6.07) is 19.7. The van der Waals surface area contributed by atoms with E-state index in [1.807, 2.05) is 18.2 Å². The van der Waals surface area contributed by atoms with Crippen LogP contribution < -0.4 is 0 Å². The Morgan fingerprint density at radius 2 is 1.72 bits per heavy atom. The first kappa shape index (κ1) is 18.9. The van der Waals surface area contributed by atoms with Gasteiger partial charge >= 0.3 is 5.97 Å². The second kappa shape index (κ2) is 7.92. The van der Waals surface area contributed by atoms with Crippen LogP contribution in [0, 0.1) is 13.8 Å². The number of aromatic nitrogens is 2. The van der Waals surface area contributed by atoms with Crippen LogP contribution in [0.4, 0.5) is 0 Å². The Balaban J connectivity index is 1.71. The maximum absolute atomic E-state index is 11.6. The summed E-state index contributed by atoms with van der Waals surface area (Å²) in [5.41, 5.74) is 7.84. The van der Waals surface area contributed by atoms with Crippen molar-refractivity contribution in [1.29, 1.82) is 0 Å². The fourth-order valence-electron chi connectivity index (χ4n) is 3.83. The summed E-state index contributed by atoms with van der Waals surface area (Å²) in [6.45, 7) is 4.18. The van der Waals surface area contributed by atoms with Gasteiger partial charge in [0, 0.05) is 12.8 Å². The number of rotatable bonds is 6. The van der Waals surface area contributed by atoms with Gasteiger partial charge < -0.3 is 10.1 Å². The summed E-state index contributed by atoms with van der Waals surface area (Å²) in [5.74, 6) is 0.0642. The van der Waals surface area contributed by atoms with Crippen molar-refractivity contribution in [3.8, 4) is 0 Å². The van der Waals surface area contributed by atoms with Crippen LogP contribution in [0.15, 0.2) is 60.7 Å². The van der Waals surface area contributed by atoms with E-state index in [1.54, 1.807) is 12.1 Å². The van der Waals surface area contributed by atoms with Crippen LogP contribution in [-0.2, 0) is 19.3 Å². The SMILES string of the molecule is Cc1cc2[nH]c(CCc3ccccc3)nc2c(Cc2ccccc2C(=O)O)c1C. The number of benzene rings is 3. The van der Waals surface area contributed by atoms with Crippen LogP contribution in [0.1, 0.15) is 44.0 Å². The zero-order valence-electron chi connectivity index (χ0n) is 16.7. The maximum Gasteiger partial charge on any atom is 0.335 e. The summed E-state index contributed by atoms with van der Waals surface area (Å²) >= 11 is 0. The molecule has 4 aromatic rings. The zero-order chi connectivity index (χ0) is 20.4. The molecule has 29 heavy (non-hydrogen) atoms. The third-order valence-electron chi connectivity index (χ3n) is 5.58. The minimum atomic E-state index is -0.896. The van der Waals surface area contributed by atoms with Crippen LogP contribution in [0.2, 0.25) is 0 Å². The molecule has 0 spiro atoms. The molecule has 3 aromatic carbocycles. The van der Waals surface area contributed by atoms with Crippen LogP contribution in [0.5, 0.6) is 0 Å². The van der Waals surface area contributed by atoms with Gasteiger partial charge in [-0.2, -0.15) is 0 Å². The largest absolute Gasteiger partial charge is 0.478 e. The minimum absolute atomic E-state index is 0.349. The number of nitrogens with zero attached hydrogens (tertiary/aromatic N) is 1. The lowest BCUT2D eigenvalue weighted by Crippen LogP contribution is -2.04. The Bertz CT molecular complexity index is 1180. The molecule has 0 atom stereocenters. The second-order valence-electron chi connectivity index (χ2n) is 7.50. The van der Waals surface area contributed by atoms with E-state index < -0.39 is 5.97 Å². The molecule has 0 aliphatic heterocycles. The predicted octanol–water partition coefficient (Wildman–Crippen LogP) is 5.25. The Hall–Kier alpha value is -3.40. The van der Waals surface area contributed by atoms with Crippen molar-refractivity contribution in [1.82, 2.24) is 9.97 Å². The lowest BCUT2D eigenvalue weighted by molar-refractivity contribution is 0.0696. The average Bonchev–Trinajstić information content (AvgIpc) is 3.13. The molecule has 2 N–H and O–H groups in total. The fraction of sp³-hybridized carbons (Fsp3) is 0.200. The van der Waals surface area contributed by atoms with E-state index in [-0.39, 0.29) is 0 Å². The van der Waals surface area contributed by atoms with Gasteiger partial charge in [0.1, 0.15) is 5.82 Å². The molecule has 0 unspecified atom stereocenters. The molecule has 0 amide bonds. The lowest BCUT2D eigenvalue weighted by atomic mass is 9.93. The molecule has 1 aromatic heterocycles. The fourth-order valence-corrected chi connectivity index (χ4v) is 3.83. The maximum atomic E-state index is 11.6. The monoisotopic (exact) mass is 384 g/mol. The lowest BCUT2D eigenvalue weighted by Gasteiger charge is -2.12. The quantitative estimate of drug-likeness (QED) is 0.477. The summed E-state index contributed by atoms with van der Waals surface area (Å²) in [7, 11) is 0.